The van der Waals surface area contributed by atoms with Gasteiger partial charge in [-0.3, -0.25) is 9.28 Å². The normalized spacial score (nSPS) is 13.9. The van der Waals surface area contributed by atoms with E-state index >= 15 is 0 Å². The molecule has 0 N–H and O–H groups in total. The number of hydrogen-bond acceptors (Lipinski definition) is 1. The fraction of sp³-hybridized carbons (Fsp3) is 0.235. The summed E-state index contributed by atoms with van der Waals surface area (Å²) in [6.45, 7) is 0. The minimum absolute atomic E-state index is 0.159. The van der Waals surface area contributed by atoms with Crippen LogP contribution in [0.15, 0.2) is 42.5 Å². The summed E-state index contributed by atoms with van der Waals surface area (Å²) in [7, 11) is 6.34. The summed E-state index contributed by atoms with van der Waals surface area (Å²) in [4.78, 5) is 12.6. The molecule has 1 aliphatic rings. The maximum absolute atomic E-state index is 12.6. The van der Waals surface area contributed by atoms with Gasteiger partial charge in [0.1, 0.15) is 5.69 Å². The van der Waals surface area contributed by atoms with Crippen LogP contribution in [0.1, 0.15) is 27.0 Å². The molecule has 2 aromatic rings. The zero-order valence-electron chi connectivity index (χ0n) is 11.6. The molecule has 19 heavy (non-hydrogen) atoms. The van der Waals surface area contributed by atoms with Crippen LogP contribution >= 0.6 is 0 Å². The van der Waals surface area contributed by atoms with Crippen LogP contribution in [0.5, 0.6) is 0 Å². The van der Waals surface area contributed by atoms with Gasteiger partial charge in [0.25, 0.3) is 0 Å². The van der Waals surface area contributed by atoms with Gasteiger partial charge >= 0.3 is 0 Å². The highest BCUT2D eigenvalue weighted by atomic mass is 16.1. The molecule has 0 aliphatic heterocycles. The first kappa shape index (κ1) is 12.1. The summed E-state index contributed by atoms with van der Waals surface area (Å²) in [5.41, 5.74) is 5.16. The van der Waals surface area contributed by atoms with Gasteiger partial charge in [-0.2, -0.15) is 0 Å². The first-order valence-corrected chi connectivity index (χ1v) is 6.54. The van der Waals surface area contributed by atoms with Crippen molar-refractivity contribution in [2.45, 2.75) is 6.42 Å². The average Bonchev–Trinajstić information content (AvgIpc) is 2.37. The Hall–Kier alpha value is -1.93. The van der Waals surface area contributed by atoms with Gasteiger partial charge in [0.2, 0.25) is 0 Å². The van der Waals surface area contributed by atoms with E-state index in [2.05, 4.69) is 33.3 Å². The molecule has 0 heterocycles. The van der Waals surface area contributed by atoms with E-state index in [-0.39, 0.29) is 5.78 Å². The summed E-state index contributed by atoms with van der Waals surface area (Å²) in [5, 5.41) is 0. The first-order chi connectivity index (χ1) is 8.97. The lowest BCUT2D eigenvalue weighted by atomic mass is 9.85. The monoisotopic (exact) mass is 252 g/mol. The Labute approximate surface area is 113 Å². The number of hydrogen-bond donors (Lipinski definition) is 0. The van der Waals surface area contributed by atoms with Crippen molar-refractivity contribution in [3.63, 3.8) is 0 Å². The van der Waals surface area contributed by atoms with Crippen LogP contribution in [0.2, 0.25) is 0 Å². The molecule has 0 unspecified atom stereocenters. The lowest BCUT2D eigenvalue weighted by Crippen LogP contribution is -2.35. The van der Waals surface area contributed by atoms with E-state index in [9.17, 15) is 4.79 Å². The first-order valence-electron chi connectivity index (χ1n) is 6.54. The van der Waals surface area contributed by atoms with E-state index in [0.29, 0.717) is 0 Å². The Morgan fingerprint density at radius 2 is 1.58 bits per heavy atom. The van der Waals surface area contributed by atoms with Crippen molar-refractivity contribution < 1.29 is 4.79 Å². The Bertz CT molecular complexity index is 665. The van der Waals surface area contributed by atoms with Gasteiger partial charge in [0, 0.05) is 17.2 Å². The number of nitrogens with zero attached hydrogens (tertiary/aromatic N) is 1. The van der Waals surface area contributed by atoms with Crippen molar-refractivity contribution in [3.05, 3.63) is 64.7 Å². The van der Waals surface area contributed by atoms with E-state index in [1.54, 1.807) is 0 Å². The van der Waals surface area contributed by atoms with Crippen LogP contribution in [0.4, 0.5) is 5.69 Å². The van der Waals surface area contributed by atoms with Crippen molar-refractivity contribution in [1.29, 1.82) is 0 Å². The van der Waals surface area contributed by atoms with Crippen LogP contribution in [-0.4, -0.2) is 26.9 Å². The third-order valence-electron chi connectivity index (χ3n) is 3.76. The third kappa shape index (κ3) is 1.98. The van der Waals surface area contributed by atoms with Crippen molar-refractivity contribution in [2.24, 2.45) is 0 Å². The Morgan fingerprint density at radius 1 is 0.895 bits per heavy atom. The molecule has 2 heteroatoms. The van der Waals surface area contributed by atoms with Gasteiger partial charge in [-0.05, 0) is 23.6 Å². The molecule has 2 nitrogen and oxygen atoms in total. The quantitative estimate of drug-likeness (QED) is 0.608. The molecule has 0 fully saturated rings. The second-order valence-corrected chi connectivity index (χ2v) is 6.02. The summed E-state index contributed by atoms with van der Waals surface area (Å²) in [5.74, 6) is 0.159. The smallest absolute Gasteiger partial charge is 0.193 e. The highest BCUT2D eigenvalue weighted by molar-refractivity contribution is 6.12. The topological polar surface area (TPSA) is 17.1 Å². The highest BCUT2D eigenvalue weighted by Gasteiger charge is 2.25. The molecule has 1 aliphatic carbocycles. The van der Waals surface area contributed by atoms with Gasteiger partial charge < -0.3 is 0 Å². The second kappa shape index (κ2) is 4.04. The summed E-state index contributed by atoms with van der Waals surface area (Å²) in [6.07, 6.45) is 0.856. The standard InChI is InChI=1S/C17H18NO/c1-18(2,3)14-9-8-13-10-12-6-4-5-7-15(12)17(19)16(13)11-14/h4-9,11H,10H2,1-3H3/q+1. The van der Waals surface area contributed by atoms with Crippen molar-refractivity contribution >= 4 is 11.5 Å². The number of benzene rings is 2. The van der Waals surface area contributed by atoms with Gasteiger partial charge in [0.05, 0.1) is 21.1 Å². The lowest BCUT2D eigenvalue weighted by Gasteiger charge is -2.26. The van der Waals surface area contributed by atoms with E-state index in [1.165, 1.54) is 0 Å². The molecule has 96 valence electrons. The number of rotatable bonds is 1. The maximum Gasteiger partial charge on any atom is 0.193 e. The molecule has 0 aromatic heterocycles. The molecule has 0 spiro atoms. The van der Waals surface area contributed by atoms with Crippen LogP contribution in [-0.2, 0) is 6.42 Å². The Kier molecular flexibility index (Phi) is 2.58. The predicted octanol–water partition coefficient (Wildman–Crippen LogP) is 3.02. The summed E-state index contributed by atoms with van der Waals surface area (Å²) >= 11 is 0. The van der Waals surface area contributed by atoms with Gasteiger partial charge in [-0.1, -0.05) is 30.3 Å². The minimum atomic E-state index is 0.159. The zero-order valence-corrected chi connectivity index (χ0v) is 11.6. The molecule has 0 saturated carbocycles. The average molecular weight is 252 g/mol. The van der Waals surface area contributed by atoms with Gasteiger partial charge in [0.15, 0.2) is 5.78 Å². The highest BCUT2D eigenvalue weighted by Crippen LogP contribution is 2.30. The van der Waals surface area contributed by atoms with E-state index in [0.717, 1.165) is 38.8 Å². The molecule has 2 aromatic carbocycles. The molecule has 0 bridgehead atoms. The summed E-state index contributed by atoms with van der Waals surface area (Å²) in [6, 6.07) is 14.2. The predicted molar refractivity (Wildman–Crippen MR) is 78.7 cm³/mol. The van der Waals surface area contributed by atoms with E-state index < -0.39 is 0 Å². The molecular formula is C17H18NO+. The Morgan fingerprint density at radius 3 is 2.32 bits per heavy atom. The zero-order chi connectivity index (χ0) is 13.6. The molecule has 0 radical (unpaired) electrons. The second-order valence-electron chi connectivity index (χ2n) is 6.02. The number of quaternary nitrogens is 1. The largest absolute Gasteiger partial charge is 0.298 e. The maximum atomic E-state index is 12.6. The van der Waals surface area contributed by atoms with Crippen molar-refractivity contribution in [2.75, 3.05) is 21.1 Å². The Balaban J connectivity index is 2.14. The SMILES string of the molecule is C[N+](C)(C)c1ccc2c(c1)C(=O)c1ccccc1C2. The minimum Gasteiger partial charge on any atom is -0.298 e. The van der Waals surface area contributed by atoms with Gasteiger partial charge in [-0.25, -0.2) is 0 Å². The number of fused-ring (bicyclic) bond motifs is 2. The fourth-order valence-electron chi connectivity index (χ4n) is 2.59. The van der Waals surface area contributed by atoms with Crippen molar-refractivity contribution in [3.8, 4) is 0 Å². The lowest BCUT2D eigenvalue weighted by molar-refractivity contribution is 0.103. The van der Waals surface area contributed by atoms with Gasteiger partial charge in [-0.15, -0.1) is 0 Å². The number of carbonyl (C=O) groups is 1. The molecule has 0 saturated heterocycles. The molecule has 0 atom stereocenters. The van der Waals surface area contributed by atoms with E-state index in [4.69, 9.17) is 0 Å². The molecule has 0 amide bonds. The van der Waals surface area contributed by atoms with Crippen molar-refractivity contribution in [1.82, 2.24) is 4.48 Å². The van der Waals surface area contributed by atoms with E-state index in [1.807, 2.05) is 30.3 Å². The van der Waals surface area contributed by atoms with Crippen LogP contribution in [0, 0.1) is 0 Å². The van der Waals surface area contributed by atoms with Crippen LogP contribution < -0.4 is 4.48 Å². The molecule has 3 rings (SSSR count). The summed E-state index contributed by atoms with van der Waals surface area (Å²) < 4.78 is 0.724. The fourth-order valence-corrected chi connectivity index (χ4v) is 2.59. The van der Waals surface area contributed by atoms with Crippen LogP contribution in [0.25, 0.3) is 0 Å². The van der Waals surface area contributed by atoms with Crippen LogP contribution in [0.3, 0.4) is 0 Å². The molecular weight excluding hydrogens is 234 g/mol. The number of carbonyl (C=O) groups excluding carboxylic acids is 1. The number of ketones is 1. The third-order valence-corrected chi connectivity index (χ3v) is 3.76.